The summed E-state index contributed by atoms with van der Waals surface area (Å²) in [6.45, 7) is 0.638. The molecule has 0 atom stereocenters. The average molecular weight is 431 g/mol. The van der Waals surface area contributed by atoms with Gasteiger partial charge in [0.15, 0.2) is 0 Å². The maximum atomic E-state index is 13.2. The van der Waals surface area contributed by atoms with Crippen molar-refractivity contribution in [3.63, 3.8) is 0 Å². The molecule has 0 unspecified atom stereocenters. The van der Waals surface area contributed by atoms with E-state index in [1.165, 1.54) is 36.4 Å². The molecule has 1 heterocycles. The van der Waals surface area contributed by atoms with Crippen molar-refractivity contribution in [3.05, 3.63) is 65.5 Å². The number of hydrogen-bond donors (Lipinski definition) is 1. The van der Waals surface area contributed by atoms with E-state index in [0.717, 1.165) is 22.7 Å². The zero-order chi connectivity index (χ0) is 21.3. The van der Waals surface area contributed by atoms with E-state index in [4.69, 9.17) is 0 Å². The lowest BCUT2D eigenvalue weighted by molar-refractivity contribution is -0.122. The van der Waals surface area contributed by atoms with Gasteiger partial charge in [0.2, 0.25) is 15.9 Å². The summed E-state index contributed by atoms with van der Waals surface area (Å²) in [6.07, 6.45) is 1.83. The monoisotopic (exact) mass is 431 g/mol. The van der Waals surface area contributed by atoms with Gasteiger partial charge in [-0.25, -0.2) is 12.8 Å². The van der Waals surface area contributed by atoms with Gasteiger partial charge in [0.05, 0.1) is 11.4 Å². The van der Waals surface area contributed by atoms with Crippen LogP contribution in [0.3, 0.4) is 0 Å². The largest absolute Gasteiger partial charge is 0.354 e. The van der Waals surface area contributed by atoms with Crippen LogP contribution in [-0.2, 0) is 21.4 Å². The Hall–Kier alpha value is -2.78. The van der Waals surface area contributed by atoms with Gasteiger partial charge in [-0.05, 0) is 54.8 Å². The Kier molecular flexibility index (Phi) is 5.57. The van der Waals surface area contributed by atoms with Crippen molar-refractivity contribution in [2.24, 2.45) is 0 Å². The Labute approximate surface area is 174 Å². The first-order valence-corrected chi connectivity index (χ1v) is 11.2. The van der Waals surface area contributed by atoms with E-state index in [1.54, 1.807) is 17.0 Å². The van der Waals surface area contributed by atoms with Gasteiger partial charge >= 0.3 is 0 Å². The van der Waals surface area contributed by atoms with Gasteiger partial charge in [-0.15, -0.1) is 0 Å². The third-order valence-corrected chi connectivity index (χ3v) is 7.12. The highest BCUT2D eigenvalue weighted by molar-refractivity contribution is 7.89. The molecule has 158 valence electrons. The zero-order valence-corrected chi connectivity index (χ0v) is 17.1. The SMILES string of the molecule is O=C1CN(S(=O)(=O)c2ccc(C(=O)N(Cc3ccc(F)cc3)C3CC3)cc2)CCN1. The predicted octanol–water partition coefficient (Wildman–Crippen LogP) is 1.75. The maximum absolute atomic E-state index is 13.2. The number of carbonyl (C=O) groups is 2. The quantitative estimate of drug-likeness (QED) is 0.755. The van der Waals surface area contributed by atoms with Crippen LogP contribution < -0.4 is 5.32 Å². The molecule has 0 spiro atoms. The van der Waals surface area contributed by atoms with Crippen LogP contribution >= 0.6 is 0 Å². The smallest absolute Gasteiger partial charge is 0.254 e. The number of hydrogen-bond acceptors (Lipinski definition) is 4. The molecule has 1 saturated carbocycles. The van der Waals surface area contributed by atoms with Crippen molar-refractivity contribution >= 4 is 21.8 Å². The Morgan fingerprint density at radius 2 is 1.77 bits per heavy atom. The highest BCUT2D eigenvalue weighted by Gasteiger charge is 2.34. The number of sulfonamides is 1. The fourth-order valence-electron chi connectivity index (χ4n) is 3.44. The number of carbonyl (C=O) groups excluding carboxylic acids is 2. The zero-order valence-electron chi connectivity index (χ0n) is 16.3. The molecular formula is C21H22FN3O4S. The minimum atomic E-state index is -3.80. The number of rotatable bonds is 6. The molecule has 30 heavy (non-hydrogen) atoms. The van der Waals surface area contributed by atoms with Gasteiger partial charge < -0.3 is 10.2 Å². The second-order valence-electron chi connectivity index (χ2n) is 7.50. The molecule has 2 aliphatic rings. The summed E-state index contributed by atoms with van der Waals surface area (Å²) < 4.78 is 39.8. The van der Waals surface area contributed by atoms with Crippen LogP contribution in [0.1, 0.15) is 28.8 Å². The average Bonchev–Trinajstić information content (AvgIpc) is 3.58. The lowest BCUT2D eigenvalue weighted by atomic mass is 10.1. The van der Waals surface area contributed by atoms with E-state index in [0.29, 0.717) is 12.1 Å². The fourth-order valence-corrected chi connectivity index (χ4v) is 4.84. The van der Waals surface area contributed by atoms with E-state index in [1.807, 2.05) is 0 Å². The second kappa shape index (κ2) is 8.16. The summed E-state index contributed by atoms with van der Waals surface area (Å²) in [4.78, 5) is 26.4. The fraction of sp³-hybridized carbons (Fsp3) is 0.333. The van der Waals surface area contributed by atoms with Gasteiger partial charge in [0, 0.05) is 31.2 Å². The highest BCUT2D eigenvalue weighted by atomic mass is 32.2. The number of piperazine rings is 1. The molecule has 1 N–H and O–H groups in total. The molecule has 0 radical (unpaired) electrons. The van der Waals surface area contributed by atoms with Crippen LogP contribution in [0.5, 0.6) is 0 Å². The van der Waals surface area contributed by atoms with Gasteiger partial charge in [-0.3, -0.25) is 9.59 Å². The summed E-state index contributed by atoms with van der Waals surface area (Å²) in [6, 6.07) is 12.0. The molecule has 0 aromatic heterocycles. The Bertz CT molecular complexity index is 1050. The van der Waals surface area contributed by atoms with Crippen molar-refractivity contribution in [2.45, 2.75) is 30.3 Å². The van der Waals surface area contributed by atoms with Crippen molar-refractivity contribution in [2.75, 3.05) is 19.6 Å². The third-order valence-electron chi connectivity index (χ3n) is 5.26. The molecular weight excluding hydrogens is 409 g/mol. The van der Waals surface area contributed by atoms with Crippen LogP contribution in [0.15, 0.2) is 53.4 Å². The van der Waals surface area contributed by atoms with Crippen LogP contribution in [0.2, 0.25) is 0 Å². The van der Waals surface area contributed by atoms with Crippen molar-refractivity contribution in [1.29, 1.82) is 0 Å². The van der Waals surface area contributed by atoms with E-state index < -0.39 is 10.0 Å². The minimum absolute atomic E-state index is 0.0465. The van der Waals surface area contributed by atoms with E-state index >= 15 is 0 Å². The second-order valence-corrected chi connectivity index (χ2v) is 9.44. The first kappa shape index (κ1) is 20.5. The standard InChI is InChI=1S/C21H22FN3O4S/c22-17-5-1-15(2-6-17)13-25(18-7-8-18)21(27)16-3-9-19(10-4-16)30(28,29)24-12-11-23-20(26)14-24/h1-6,9-10,18H,7-8,11-14H2,(H,23,26). The Morgan fingerprint density at radius 1 is 1.10 bits per heavy atom. The van der Waals surface area contributed by atoms with Crippen LogP contribution in [0.4, 0.5) is 4.39 Å². The number of nitrogens with zero attached hydrogens (tertiary/aromatic N) is 2. The molecule has 9 heteroatoms. The van der Waals surface area contributed by atoms with Crippen molar-refractivity contribution in [1.82, 2.24) is 14.5 Å². The van der Waals surface area contributed by atoms with E-state index in [9.17, 15) is 22.4 Å². The summed E-state index contributed by atoms with van der Waals surface area (Å²) in [5.74, 6) is -0.855. The Morgan fingerprint density at radius 3 is 2.37 bits per heavy atom. The van der Waals surface area contributed by atoms with E-state index in [2.05, 4.69) is 5.32 Å². The molecule has 2 amide bonds. The Balaban J connectivity index is 1.51. The lowest BCUT2D eigenvalue weighted by Crippen LogP contribution is -2.49. The number of halogens is 1. The molecule has 1 aliphatic carbocycles. The van der Waals surface area contributed by atoms with Crippen LogP contribution in [-0.4, -0.2) is 55.1 Å². The topological polar surface area (TPSA) is 86.8 Å². The highest BCUT2D eigenvalue weighted by Crippen LogP contribution is 2.30. The predicted molar refractivity (Wildman–Crippen MR) is 108 cm³/mol. The third kappa shape index (κ3) is 4.36. The lowest BCUT2D eigenvalue weighted by Gasteiger charge is -2.26. The molecule has 0 bridgehead atoms. The molecule has 2 fully saturated rings. The number of nitrogens with one attached hydrogen (secondary N) is 1. The molecule has 1 aliphatic heterocycles. The summed E-state index contributed by atoms with van der Waals surface area (Å²) in [7, 11) is -3.80. The first-order chi connectivity index (χ1) is 14.3. The molecule has 2 aromatic carbocycles. The summed E-state index contributed by atoms with van der Waals surface area (Å²) in [5, 5.41) is 2.60. The van der Waals surface area contributed by atoms with Gasteiger partial charge in [-0.1, -0.05) is 12.1 Å². The first-order valence-electron chi connectivity index (χ1n) is 9.77. The molecule has 1 saturated heterocycles. The number of benzene rings is 2. The molecule has 2 aromatic rings. The van der Waals surface area contributed by atoms with E-state index in [-0.39, 0.29) is 48.2 Å². The van der Waals surface area contributed by atoms with Gasteiger partial charge in [-0.2, -0.15) is 4.31 Å². The molecule has 4 rings (SSSR count). The maximum Gasteiger partial charge on any atom is 0.254 e. The van der Waals surface area contributed by atoms with Crippen molar-refractivity contribution < 1.29 is 22.4 Å². The minimum Gasteiger partial charge on any atom is -0.354 e. The summed E-state index contributed by atoms with van der Waals surface area (Å²) in [5.41, 5.74) is 1.22. The number of amides is 2. The molecule has 7 nitrogen and oxygen atoms in total. The van der Waals surface area contributed by atoms with Crippen LogP contribution in [0, 0.1) is 5.82 Å². The van der Waals surface area contributed by atoms with Crippen LogP contribution in [0.25, 0.3) is 0 Å². The van der Waals surface area contributed by atoms with Crippen molar-refractivity contribution in [3.8, 4) is 0 Å². The summed E-state index contributed by atoms with van der Waals surface area (Å²) >= 11 is 0. The normalized spacial score (nSPS) is 17.4. The van der Waals surface area contributed by atoms with Gasteiger partial charge in [0.1, 0.15) is 5.82 Å². The van der Waals surface area contributed by atoms with Gasteiger partial charge in [0.25, 0.3) is 5.91 Å².